The number of guanidine groups is 1. The van der Waals surface area contributed by atoms with Crippen LogP contribution in [0.1, 0.15) is 44.7 Å². The van der Waals surface area contributed by atoms with Crippen LogP contribution in [-0.2, 0) is 11.3 Å². The summed E-state index contributed by atoms with van der Waals surface area (Å²) >= 11 is 0. The Hall–Kier alpha value is -2.08. The molecule has 0 atom stereocenters. The third-order valence-corrected chi connectivity index (χ3v) is 5.40. The number of aryl methyl sites for hydroxylation is 1. The second-order valence-electron chi connectivity index (χ2n) is 8.28. The van der Waals surface area contributed by atoms with E-state index in [1.54, 1.807) is 7.05 Å². The normalized spacial score (nSPS) is 16.7. The van der Waals surface area contributed by atoms with Crippen molar-refractivity contribution in [2.24, 2.45) is 10.4 Å². The molecule has 1 fully saturated rings. The number of benzene rings is 1. The van der Waals surface area contributed by atoms with E-state index in [2.05, 4.69) is 64.0 Å². The van der Waals surface area contributed by atoms with Crippen molar-refractivity contribution in [2.75, 3.05) is 33.2 Å². The van der Waals surface area contributed by atoms with Gasteiger partial charge in [0.05, 0.1) is 12.0 Å². The smallest absolute Gasteiger partial charge is 0.227 e. The first kappa shape index (κ1) is 22.2. The van der Waals surface area contributed by atoms with Crippen LogP contribution in [0.2, 0.25) is 0 Å². The summed E-state index contributed by atoms with van der Waals surface area (Å²) in [5, 5.41) is 9.59. The van der Waals surface area contributed by atoms with Crippen LogP contribution in [0, 0.1) is 12.3 Å². The Morgan fingerprint density at radius 2 is 1.93 bits per heavy atom. The molecular weight excluding hydrogens is 350 g/mol. The minimum Gasteiger partial charge on any atom is -0.359 e. The molecule has 1 amide bonds. The molecule has 1 aromatic rings. The summed E-state index contributed by atoms with van der Waals surface area (Å²) in [7, 11) is 1.67. The number of carbonyl (C=O) groups excluding carboxylic acids is 1. The number of hydrogen-bond donors (Lipinski definition) is 3. The van der Waals surface area contributed by atoms with Gasteiger partial charge in [0, 0.05) is 39.3 Å². The highest BCUT2D eigenvalue weighted by molar-refractivity contribution is 5.83. The van der Waals surface area contributed by atoms with E-state index in [-0.39, 0.29) is 5.91 Å². The molecule has 6 heteroatoms. The van der Waals surface area contributed by atoms with E-state index in [4.69, 9.17) is 0 Å². The number of nitrogens with zero attached hydrogens (tertiary/aromatic N) is 2. The predicted octanol–water partition coefficient (Wildman–Crippen LogP) is 2.29. The summed E-state index contributed by atoms with van der Waals surface area (Å²) in [6.45, 7) is 12.5. The molecule has 0 saturated carbocycles. The van der Waals surface area contributed by atoms with Crippen LogP contribution in [0.25, 0.3) is 0 Å². The molecule has 0 radical (unpaired) electrons. The van der Waals surface area contributed by atoms with Gasteiger partial charge in [-0.05, 0) is 51.7 Å². The third kappa shape index (κ3) is 6.51. The van der Waals surface area contributed by atoms with Gasteiger partial charge in [-0.25, -0.2) is 0 Å². The van der Waals surface area contributed by atoms with Crippen LogP contribution in [-0.4, -0.2) is 56.0 Å². The van der Waals surface area contributed by atoms with Gasteiger partial charge < -0.3 is 16.0 Å². The average Bonchev–Trinajstić information content (AvgIpc) is 2.69. The monoisotopic (exact) mass is 387 g/mol. The zero-order chi connectivity index (χ0) is 20.6. The highest BCUT2D eigenvalue weighted by Crippen LogP contribution is 2.17. The van der Waals surface area contributed by atoms with Crippen molar-refractivity contribution in [3.8, 4) is 0 Å². The molecule has 1 aliphatic heterocycles. The lowest BCUT2D eigenvalue weighted by atomic mass is 9.93. The Balaban J connectivity index is 1.87. The molecule has 1 aliphatic rings. The molecule has 3 N–H and O–H groups in total. The molecule has 2 rings (SSSR count). The number of amides is 1. The van der Waals surface area contributed by atoms with Crippen LogP contribution in [0.5, 0.6) is 0 Å². The Morgan fingerprint density at radius 1 is 1.25 bits per heavy atom. The zero-order valence-electron chi connectivity index (χ0n) is 18.1. The predicted molar refractivity (Wildman–Crippen MR) is 116 cm³/mol. The van der Waals surface area contributed by atoms with E-state index in [0.29, 0.717) is 12.6 Å². The molecule has 6 nitrogen and oxygen atoms in total. The molecule has 1 aromatic carbocycles. The van der Waals surface area contributed by atoms with Crippen molar-refractivity contribution in [1.82, 2.24) is 20.9 Å². The maximum atomic E-state index is 12.0. The summed E-state index contributed by atoms with van der Waals surface area (Å²) in [4.78, 5) is 19.2. The fourth-order valence-corrected chi connectivity index (χ4v) is 3.46. The van der Waals surface area contributed by atoms with E-state index in [1.807, 2.05) is 13.8 Å². The first-order valence-electron chi connectivity index (χ1n) is 10.4. The summed E-state index contributed by atoms with van der Waals surface area (Å²) in [5.74, 6) is 0.813. The average molecular weight is 388 g/mol. The van der Waals surface area contributed by atoms with E-state index in [9.17, 15) is 4.79 Å². The molecule has 1 heterocycles. The minimum absolute atomic E-state index is 0.0108. The highest BCUT2D eigenvalue weighted by atomic mass is 16.2. The Bertz CT molecular complexity index is 663. The molecule has 28 heavy (non-hydrogen) atoms. The fourth-order valence-electron chi connectivity index (χ4n) is 3.46. The van der Waals surface area contributed by atoms with Crippen LogP contribution in [0.15, 0.2) is 29.3 Å². The van der Waals surface area contributed by atoms with Gasteiger partial charge >= 0.3 is 0 Å². The van der Waals surface area contributed by atoms with Crippen molar-refractivity contribution in [1.29, 1.82) is 0 Å². The lowest BCUT2D eigenvalue weighted by molar-refractivity contribution is -0.128. The SMILES string of the molecule is CCNC(=NCC(C)(C)C(=O)NC)NC1CCN(Cc2ccccc2C)CC1. The standard InChI is InChI=1S/C22H37N5O/c1-6-24-21(25-16-22(3,4)20(28)23-5)26-19-11-13-27(14-12-19)15-18-10-8-7-9-17(18)2/h7-10,19H,6,11-16H2,1-5H3,(H,23,28)(H2,24,25,26). The van der Waals surface area contributed by atoms with E-state index >= 15 is 0 Å². The van der Waals surface area contributed by atoms with Gasteiger partial charge in [0.25, 0.3) is 0 Å². The molecule has 0 spiro atoms. The summed E-state index contributed by atoms with van der Waals surface area (Å²) in [6, 6.07) is 9.04. The lowest BCUT2D eigenvalue weighted by Gasteiger charge is -2.33. The van der Waals surface area contributed by atoms with Crippen molar-refractivity contribution in [2.45, 2.75) is 53.1 Å². The van der Waals surface area contributed by atoms with Crippen molar-refractivity contribution >= 4 is 11.9 Å². The Labute approximate surface area is 170 Å². The molecule has 0 aliphatic carbocycles. The first-order valence-corrected chi connectivity index (χ1v) is 10.4. The molecule has 156 valence electrons. The maximum absolute atomic E-state index is 12.0. The van der Waals surface area contributed by atoms with Crippen molar-refractivity contribution < 1.29 is 4.79 Å². The molecule has 1 saturated heterocycles. The molecule has 0 bridgehead atoms. The van der Waals surface area contributed by atoms with Gasteiger partial charge in [-0.1, -0.05) is 24.3 Å². The second-order valence-corrected chi connectivity index (χ2v) is 8.28. The van der Waals surface area contributed by atoms with Gasteiger partial charge in [0.2, 0.25) is 5.91 Å². The van der Waals surface area contributed by atoms with E-state index < -0.39 is 5.41 Å². The summed E-state index contributed by atoms with van der Waals surface area (Å²) < 4.78 is 0. The number of aliphatic imine (C=N–C) groups is 1. The Kier molecular flexibility index (Phi) is 8.30. The first-order chi connectivity index (χ1) is 13.4. The third-order valence-electron chi connectivity index (χ3n) is 5.40. The number of rotatable bonds is 7. The van der Waals surface area contributed by atoms with Crippen molar-refractivity contribution in [3.05, 3.63) is 35.4 Å². The largest absolute Gasteiger partial charge is 0.359 e. The van der Waals surface area contributed by atoms with Gasteiger partial charge in [0.1, 0.15) is 0 Å². The number of likely N-dealkylation sites (tertiary alicyclic amines) is 1. The number of hydrogen-bond acceptors (Lipinski definition) is 3. The molecular formula is C22H37N5O. The van der Waals surface area contributed by atoms with Crippen molar-refractivity contribution in [3.63, 3.8) is 0 Å². The van der Waals surface area contributed by atoms with Crippen LogP contribution in [0.3, 0.4) is 0 Å². The van der Waals surface area contributed by atoms with E-state index in [0.717, 1.165) is 45.0 Å². The number of carbonyl (C=O) groups is 1. The number of nitrogens with one attached hydrogen (secondary N) is 3. The molecule has 0 aromatic heterocycles. The lowest BCUT2D eigenvalue weighted by Crippen LogP contribution is -2.49. The topological polar surface area (TPSA) is 68.8 Å². The van der Waals surface area contributed by atoms with Crippen LogP contribution in [0.4, 0.5) is 0 Å². The van der Waals surface area contributed by atoms with E-state index in [1.165, 1.54) is 11.1 Å². The second kappa shape index (κ2) is 10.5. The maximum Gasteiger partial charge on any atom is 0.227 e. The van der Waals surface area contributed by atoms with Crippen LogP contribution < -0.4 is 16.0 Å². The van der Waals surface area contributed by atoms with Crippen LogP contribution >= 0.6 is 0 Å². The summed E-state index contributed by atoms with van der Waals surface area (Å²) in [5.41, 5.74) is 2.26. The fraction of sp³-hybridized carbons (Fsp3) is 0.636. The Morgan fingerprint density at radius 3 is 2.54 bits per heavy atom. The number of piperidine rings is 1. The summed E-state index contributed by atoms with van der Waals surface area (Å²) in [6.07, 6.45) is 2.18. The molecule has 0 unspecified atom stereocenters. The van der Waals surface area contributed by atoms with Gasteiger partial charge in [0.15, 0.2) is 5.96 Å². The minimum atomic E-state index is -0.520. The highest BCUT2D eigenvalue weighted by Gasteiger charge is 2.27. The van der Waals surface area contributed by atoms with Gasteiger partial charge in [-0.2, -0.15) is 0 Å². The van der Waals surface area contributed by atoms with Gasteiger partial charge in [-0.15, -0.1) is 0 Å². The zero-order valence-corrected chi connectivity index (χ0v) is 18.1. The quantitative estimate of drug-likeness (QED) is 0.496. The van der Waals surface area contributed by atoms with Gasteiger partial charge in [-0.3, -0.25) is 14.7 Å².